The maximum atomic E-state index is 13.2. The molecule has 1 saturated heterocycles. The van der Waals surface area contributed by atoms with Crippen molar-refractivity contribution in [3.8, 4) is 0 Å². The van der Waals surface area contributed by atoms with Crippen LogP contribution in [0.15, 0.2) is 53.4 Å². The van der Waals surface area contributed by atoms with Crippen molar-refractivity contribution in [3.05, 3.63) is 65.2 Å². The Labute approximate surface area is 180 Å². The molecule has 30 heavy (non-hydrogen) atoms. The largest absolute Gasteiger partial charge is 0.350 e. The number of nitrogens with one attached hydrogen (secondary N) is 1. The first-order valence-corrected chi connectivity index (χ1v) is 12.3. The van der Waals surface area contributed by atoms with Crippen LogP contribution in [0.3, 0.4) is 0 Å². The van der Waals surface area contributed by atoms with E-state index < -0.39 is 10.0 Å². The molecule has 0 spiro atoms. The van der Waals surface area contributed by atoms with Crippen LogP contribution in [0.5, 0.6) is 0 Å². The molecule has 1 aliphatic heterocycles. The zero-order valence-electron chi connectivity index (χ0n) is 17.9. The molecule has 1 aliphatic rings. The molecule has 5 nitrogen and oxygen atoms in total. The number of aryl methyl sites for hydroxylation is 2. The number of carbonyl (C=O) groups is 1. The van der Waals surface area contributed by atoms with E-state index in [1.165, 1.54) is 11.6 Å². The first kappa shape index (κ1) is 22.5. The van der Waals surface area contributed by atoms with E-state index in [-0.39, 0.29) is 16.8 Å². The van der Waals surface area contributed by atoms with E-state index in [1.807, 2.05) is 25.1 Å². The lowest BCUT2D eigenvalue weighted by Crippen LogP contribution is -2.34. The highest BCUT2D eigenvalue weighted by molar-refractivity contribution is 7.89. The first-order valence-electron chi connectivity index (χ1n) is 10.8. The monoisotopic (exact) mass is 428 g/mol. The molecule has 2 aromatic carbocycles. The fourth-order valence-corrected chi connectivity index (χ4v) is 5.62. The molecule has 162 valence electrons. The van der Waals surface area contributed by atoms with E-state index >= 15 is 0 Å². The van der Waals surface area contributed by atoms with Crippen molar-refractivity contribution in [3.63, 3.8) is 0 Å². The highest BCUT2D eigenvalue weighted by Gasteiger charge is 2.27. The van der Waals surface area contributed by atoms with Gasteiger partial charge in [-0.2, -0.15) is 4.31 Å². The van der Waals surface area contributed by atoms with Crippen molar-refractivity contribution in [2.45, 2.75) is 63.3 Å². The molecule has 0 radical (unpaired) electrons. The second-order valence-electron chi connectivity index (χ2n) is 8.20. The third kappa shape index (κ3) is 5.70. The van der Waals surface area contributed by atoms with Gasteiger partial charge in [0.2, 0.25) is 10.0 Å². The highest BCUT2D eigenvalue weighted by atomic mass is 32.2. The van der Waals surface area contributed by atoms with E-state index in [2.05, 4.69) is 17.4 Å². The van der Waals surface area contributed by atoms with Crippen molar-refractivity contribution >= 4 is 15.9 Å². The molecule has 3 rings (SSSR count). The van der Waals surface area contributed by atoms with Crippen molar-refractivity contribution in [1.82, 2.24) is 9.62 Å². The number of hydrogen-bond donors (Lipinski definition) is 1. The summed E-state index contributed by atoms with van der Waals surface area (Å²) in [5.41, 5.74) is 2.30. The van der Waals surface area contributed by atoms with Crippen molar-refractivity contribution in [1.29, 1.82) is 0 Å². The molecule has 1 fully saturated rings. The minimum absolute atomic E-state index is 0.00956. The Kier molecular flexibility index (Phi) is 7.67. The number of nitrogens with zero attached hydrogens (tertiary/aromatic N) is 1. The number of hydrogen-bond acceptors (Lipinski definition) is 3. The molecule has 0 bridgehead atoms. The molecule has 2 aromatic rings. The van der Waals surface area contributed by atoms with Crippen LogP contribution in [0.2, 0.25) is 0 Å². The van der Waals surface area contributed by atoms with Crippen LogP contribution in [0, 0.1) is 6.92 Å². The molecule has 0 aliphatic carbocycles. The smallest absolute Gasteiger partial charge is 0.251 e. The van der Waals surface area contributed by atoms with Crippen molar-refractivity contribution in [2.75, 3.05) is 13.1 Å². The number of benzene rings is 2. The lowest BCUT2D eigenvalue weighted by atomic mass is 10.1. The zero-order chi connectivity index (χ0) is 21.6. The zero-order valence-corrected chi connectivity index (χ0v) is 18.7. The second kappa shape index (κ2) is 10.2. The fraction of sp³-hybridized carbons (Fsp3) is 0.458. The minimum atomic E-state index is -3.59. The Bertz CT molecular complexity index is 950. The van der Waals surface area contributed by atoms with Gasteiger partial charge in [-0.25, -0.2) is 8.42 Å². The normalized spacial score (nSPS) is 16.6. The molecule has 1 amide bonds. The lowest BCUT2D eigenvalue weighted by molar-refractivity contribution is 0.0938. The third-order valence-electron chi connectivity index (χ3n) is 5.72. The second-order valence-corrected chi connectivity index (χ2v) is 10.1. The van der Waals surface area contributed by atoms with Crippen LogP contribution >= 0.6 is 0 Å². The van der Waals surface area contributed by atoms with Crippen LogP contribution in [0.25, 0.3) is 0 Å². The predicted molar refractivity (Wildman–Crippen MR) is 120 cm³/mol. The molecule has 1 atom stereocenters. The van der Waals surface area contributed by atoms with E-state index in [0.29, 0.717) is 24.2 Å². The van der Waals surface area contributed by atoms with Crippen LogP contribution in [-0.4, -0.2) is 37.8 Å². The molecule has 0 saturated carbocycles. The van der Waals surface area contributed by atoms with Gasteiger partial charge in [0.05, 0.1) is 4.90 Å². The number of amides is 1. The average molecular weight is 429 g/mol. The standard InChI is InChI=1S/C24H32N2O3S/c1-19-12-15-22(18-23(19)30(28,29)26-16-8-3-4-9-17-26)24(27)25-20(2)13-14-21-10-6-5-7-11-21/h5-7,10-12,15,18,20H,3-4,8-9,13-14,16-17H2,1-2H3,(H,25,27)/t20-/m1/s1. The topological polar surface area (TPSA) is 66.5 Å². The summed E-state index contributed by atoms with van der Waals surface area (Å²) in [6.07, 6.45) is 5.60. The maximum absolute atomic E-state index is 13.2. The lowest BCUT2D eigenvalue weighted by Gasteiger charge is -2.21. The quantitative estimate of drug-likeness (QED) is 0.715. The number of sulfonamides is 1. The average Bonchev–Trinajstić information content (AvgIpc) is 3.03. The molecule has 6 heteroatoms. The maximum Gasteiger partial charge on any atom is 0.251 e. The molecular formula is C24H32N2O3S. The summed E-state index contributed by atoms with van der Waals surface area (Å²) in [6, 6.07) is 15.1. The Morgan fingerprint density at radius 2 is 1.70 bits per heavy atom. The summed E-state index contributed by atoms with van der Waals surface area (Å²) in [5.74, 6) is -0.233. The van der Waals surface area contributed by atoms with Gasteiger partial charge in [-0.05, 0) is 62.8 Å². The van der Waals surface area contributed by atoms with Gasteiger partial charge < -0.3 is 5.32 Å². The summed E-state index contributed by atoms with van der Waals surface area (Å²) in [5, 5.41) is 3.01. The van der Waals surface area contributed by atoms with Crippen molar-refractivity contribution in [2.24, 2.45) is 0 Å². The van der Waals surface area contributed by atoms with Gasteiger partial charge in [-0.1, -0.05) is 49.2 Å². The Morgan fingerprint density at radius 3 is 2.37 bits per heavy atom. The summed E-state index contributed by atoms with van der Waals surface area (Å²) in [6.45, 7) is 4.86. The van der Waals surface area contributed by atoms with Crippen LogP contribution in [-0.2, 0) is 16.4 Å². The van der Waals surface area contributed by atoms with Crippen LogP contribution < -0.4 is 5.32 Å². The highest BCUT2D eigenvalue weighted by Crippen LogP contribution is 2.24. The van der Waals surface area contributed by atoms with Gasteiger partial charge in [0.15, 0.2) is 0 Å². The number of rotatable bonds is 7. The van der Waals surface area contributed by atoms with E-state index in [9.17, 15) is 13.2 Å². The SMILES string of the molecule is Cc1ccc(C(=O)N[C@H](C)CCc2ccccc2)cc1S(=O)(=O)N1CCCCCC1. The van der Waals surface area contributed by atoms with E-state index in [4.69, 9.17) is 0 Å². The van der Waals surface area contributed by atoms with Gasteiger partial charge in [0.1, 0.15) is 0 Å². The van der Waals surface area contributed by atoms with E-state index in [0.717, 1.165) is 38.5 Å². The van der Waals surface area contributed by atoms with Gasteiger partial charge >= 0.3 is 0 Å². The van der Waals surface area contributed by atoms with Gasteiger partial charge in [0, 0.05) is 24.7 Å². The summed E-state index contributed by atoms with van der Waals surface area (Å²) in [7, 11) is -3.59. The summed E-state index contributed by atoms with van der Waals surface area (Å²) >= 11 is 0. The summed E-state index contributed by atoms with van der Waals surface area (Å²) in [4.78, 5) is 13.0. The number of carbonyl (C=O) groups excluding carboxylic acids is 1. The minimum Gasteiger partial charge on any atom is -0.350 e. The van der Waals surface area contributed by atoms with Crippen LogP contribution in [0.1, 0.15) is 60.5 Å². The molecule has 1 N–H and O–H groups in total. The van der Waals surface area contributed by atoms with Gasteiger partial charge in [-0.3, -0.25) is 4.79 Å². The molecule has 1 heterocycles. The fourth-order valence-electron chi connectivity index (χ4n) is 3.85. The molecule has 0 unspecified atom stereocenters. The van der Waals surface area contributed by atoms with Gasteiger partial charge in [-0.15, -0.1) is 0 Å². The predicted octanol–water partition coefficient (Wildman–Crippen LogP) is 4.31. The Balaban J connectivity index is 1.69. The van der Waals surface area contributed by atoms with Crippen molar-refractivity contribution < 1.29 is 13.2 Å². The van der Waals surface area contributed by atoms with E-state index in [1.54, 1.807) is 23.4 Å². The Morgan fingerprint density at radius 1 is 1.03 bits per heavy atom. The third-order valence-corrected chi connectivity index (χ3v) is 7.76. The molecular weight excluding hydrogens is 396 g/mol. The molecule has 0 aromatic heterocycles. The Hall–Kier alpha value is -2.18. The van der Waals surface area contributed by atoms with Gasteiger partial charge in [0.25, 0.3) is 5.91 Å². The van der Waals surface area contributed by atoms with Crippen LogP contribution in [0.4, 0.5) is 0 Å². The first-order chi connectivity index (χ1) is 14.4. The summed E-state index contributed by atoms with van der Waals surface area (Å²) < 4.78 is 28.0.